The standard InChI is InChI=1S/C14H23NO/c1-14(2,3)13(9-15)11-16-10-12-7-5-4-6-8-12/h4-8,13H,9-11,15H2,1-3H3. The quantitative estimate of drug-likeness (QED) is 0.829. The maximum atomic E-state index is 5.76. The van der Waals surface area contributed by atoms with E-state index in [4.69, 9.17) is 10.5 Å². The first-order valence-corrected chi connectivity index (χ1v) is 5.86. The van der Waals surface area contributed by atoms with Crippen molar-refractivity contribution in [3.05, 3.63) is 35.9 Å². The fourth-order valence-electron chi connectivity index (χ4n) is 1.56. The highest BCUT2D eigenvalue weighted by atomic mass is 16.5. The Kier molecular flexibility index (Phi) is 4.97. The van der Waals surface area contributed by atoms with Crippen molar-refractivity contribution >= 4 is 0 Å². The Morgan fingerprint density at radius 3 is 2.31 bits per heavy atom. The summed E-state index contributed by atoms with van der Waals surface area (Å²) in [6.45, 7) is 8.70. The van der Waals surface area contributed by atoms with Gasteiger partial charge in [-0.1, -0.05) is 51.1 Å². The normalized spacial score (nSPS) is 13.8. The topological polar surface area (TPSA) is 35.2 Å². The first kappa shape index (κ1) is 13.2. The highest BCUT2D eigenvalue weighted by Crippen LogP contribution is 2.25. The molecule has 0 aliphatic heterocycles. The molecular formula is C14H23NO. The zero-order valence-corrected chi connectivity index (χ0v) is 10.6. The van der Waals surface area contributed by atoms with Crippen molar-refractivity contribution < 1.29 is 4.74 Å². The average Bonchev–Trinajstić information content (AvgIpc) is 2.24. The summed E-state index contributed by atoms with van der Waals surface area (Å²) in [5.74, 6) is 0.413. The fourth-order valence-corrected chi connectivity index (χ4v) is 1.56. The summed E-state index contributed by atoms with van der Waals surface area (Å²) in [5, 5.41) is 0. The SMILES string of the molecule is CC(C)(C)C(CN)COCc1ccccc1. The zero-order valence-electron chi connectivity index (χ0n) is 10.6. The molecule has 0 spiro atoms. The molecule has 1 atom stereocenters. The molecule has 0 heterocycles. The van der Waals surface area contributed by atoms with Gasteiger partial charge in [-0.05, 0) is 23.4 Å². The molecule has 2 heteroatoms. The molecule has 1 unspecified atom stereocenters. The second-order valence-electron chi connectivity index (χ2n) is 5.30. The van der Waals surface area contributed by atoms with Crippen LogP contribution >= 0.6 is 0 Å². The molecule has 16 heavy (non-hydrogen) atoms. The van der Waals surface area contributed by atoms with Crippen molar-refractivity contribution in [2.75, 3.05) is 13.2 Å². The van der Waals surface area contributed by atoms with E-state index >= 15 is 0 Å². The molecule has 0 saturated heterocycles. The molecule has 0 aromatic heterocycles. The van der Waals surface area contributed by atoms with E-state index in [-0.39, 0.29) is 5.41 Å². The fraction of sp³-hybridized carbons (Fsp3) is 0.571. The van der Waals surface area contributed by atoms with Gasteiger partial charge >= 0.3 is 0 Å². The van der Waals surface area contributed by atoms with Crippen molar-refractivity contribution in [1.82, 2.24) is 0 Å². The smallest absolute Gasteiger partial charge is 0.0717 e. The lowest BCUT2D eigenvalue weighted by molar-refractivity contribution is 0.0496. The second kappa shape index (κ2) is 6.02. The molecular weight excluding hydrogens is 198 g/mol. The van der Waals surface area contributed by atoms with Crippen LogP contribution in [0.4, 0.5) is 0 Å². The minimum Gasteiger partial charge on any atom is -0.376 e. The Morgan fingerprint density at radius 1 is 1.19 bits per heavy atom. The van der Waals surface area contributed by atoms with E-state index in [0.717, 1.165) is 6.61 Å². The van der Waals surface area contributed by atoms with Gasteiger partial charge in [-0.15, -0.1) is 0 Å². The van der Waals surface area contributed by atoms with Crippen LogP contribution in [0.15, 0.2) is 30.3 Å². The van der Waals surface area contributed by atoms with Crippen LogP contribution in [0.2, 0.25) is 0 Å². The van der Waals surface area contributed by atoms with Crippen LogP contribution < -0.4 is 5.73 Å². The van der Waals surface area contributed by atoms with E-state index < -0.39 is 0 Å². The number of nitrogens with two attached hydrogens (primary N) is 1. The van der Waals surface area contributed by atoms with Crippen LogP contribution in [-0.4, -0.2) is 13.2 Å². The number of hydrogen-bond acceptors (Lipinski definition) is 2. The number of ether oxygens (including phenoxy) is 1. The third-order valence-electron chi connectivity index (χ3n) is 2.94. The maximum absolute atomic E-state index is 5.76. The molecule has 0 bridgehead atoms. The van der Waals surface area contributed by atoms with Gasteiger partial charge in [0.1, 0.15) is 0 Å². The second-order valence-corrected chi connectivity index (χ2v) is 5.30. The van der Waals surface area contributed by atoms with Gasteiger partial charge in [-0.25, -0.2) is 0 Å². The lowest BCUT2D eigenvalue weighted by atomic mass is 9.81. The summed E-state index contributed by atoms with van der Waals surface area (Å²) >= 11 is 0. The molecule has 0 aliphatic carbocycles. The monoisotopic (exact) mass is 221 g/mol. The molecule has 0 radical (unpaired) electrons. The van der Waals surface area contributed by atoms with Gasteiger partial charge in [-0.2, -0.15) is 0 Å². The van der Waals surface area contributed by atoms with Crippen LogP contribution in [0.1, 0.15) is 26.3 Å². The summed E-state index contributed by atoms with van der Waals surface area (Å²) in [6.07, 6.45) is 0. The molecule has 1 aromatic rings. The zero-order chi connectivity index (χ0) is 12.0. The molecule has 0 fully saturated rings. The number of rotatable bonds is 5. The summed E-state index contributed by atoms with van der Waals surface area (Å²) in [4.78, 5) is 0. The third-order valence-corrected chi connectivity index (χ3v) is 2.94. The van der Waals surface area contributed by atoms with Crippen molar-refractivity contribution in [1.29, 1.82) is 0 Å². The van der Waals surface area contributed by atoms with E-state index in [1.54, 1.807) is 0 Å². The van der Waals surface area contributed by atoms with Crippen LogP contribution in [0.3, 0.4) is 0 Å². The van der Waals surface area contributed by atoms with Crippen molar-refractivity contribution in [3.8, 4) is 0 Å². The van der Waals surface area contributed by atoms with Gasteiger partial charge < -0.3 is 10.5 Å². The highest BCUT2D eigenvalue weighted by Gasteiger charge is 2.23. The predicted molar refractivity (Wildman–Crippen MR) is 68.1 cm³/mol. The Balaban J connectivity index is 2.35. The summed E-state index contributed by atoms with van der Waals surface area (Å²) in [6, 6.07) is 10.2. The average molecular weight is 221 g/mol. The Labute approximate surface area is 98.8 Å². The Hall–Kier alpha value is -0.860. The van der Waals surface area contributed by atoms with Crippen molar-refractivity contribution in [3.63, 3.8) is 0 Å². The molecule has 1 aromatic carbocycles. The van der Waals surface area contributed by atoms with Gasteiger partial charge in [0.2, 0.25) is 0 Å². The van der Waals surface area contributed by atoms with E-state index in [0.29, 0.717) is 19.1 Å². The van der Waals surface area contributed by atoms with Crippen LogP contribution in [0.25, 0.3) is 0 Å². The summed E-state index contributed by atoms with van der Waals surface area (Å²) in [7, 11) is 0. The van der Waals surface area contributed by atoms with Crippen LogP contribution in [-0.2, 0) is 11.3 Å². The van der Waals surface area contributed by atoms with Gasteiger partial charge in [0.25, 0.3) is 0 Å². The van der Waals surface area contributed by atoms with Gasteiger partial charge in [0, 0.05) is 0 Å². The van der Waals surface area contributed by atoms with Crippen LogP contribution in [0, 0.1) is 11.3 Å². The predicted octanol–water partition coefficient (Wildman–Crippen LogP) is 2.82. The van der Waals surface area contributed by atoms with Crippen molar-refractivity contribution in [2.45, 2.75) is 27.4 Å². The highest BCUT2D eigenvalue weighted by molar-refractivity contribution is 5.13. The third kappa shape index (κ3) is 4.33. The molecule has 90 valence electrons. The number of hydrogen-bond donors (Lipinski definition) is 1. The van der Waals surface area contributed by atoms with E-state index in [1.165, 1.54) is 5.56 Å². The van der Waals surface area contributed by atoms with E-state index in [1.807, 2.05) is 18.2 Å². The molecule has 0 amide bonds. The first-order chi connectivity index (χ1) is 7.54. The van der Waals surface area contributed by atoms with Crippen molar-refractivity contribution in [2.24, 2.45) is 17.1 Å². The Morgan fingerprint density at radius 2 is 1.81 bits per heavy atom. The van der Waals surface area contributed by atoms with Crippen LogP contribution in [0.5, 0.6) is 0 Å². The van der Waals surface area contributed by atoms with E-state index in [9.17, 15) is 0 Å². The maximum Gasteiger partial charge on any atom is 0.0717 e. The lowest BCUT2D eigenvalue weighted by Crippen LogP contribution is -2.32. The van der Waals surface area contributed by atoms with E-state index in [2.05, 4.69) is 32.9 Å². The molecule has 0 aliphatic rings. The lowest BCUT2D eigenvalue weighted by Gasteiger charge is -2.29. The molecule has 1 rings (SSSR count). The van der Waals surface area contributed by atoms with Gasteiger partial charge in [-0.3, -0.25) is 0 Å². The minimum absolute atomic E-state index is 0.214. The summed E-state index contributed by atoms with van der Waals surface area (Å²) in [5.41, 5.74) is 7.19. The van der Waals surface area contributed by atoms with Gasteiger partial charge in [0.15, 0.2) is 0 Å². The van der Waals surface area contributed by atoms with Gasteiger partial charge in [0.05, 0.1) is 13.2 Å². The summed E-state index contributed by atoms with van der Waals surface area (Å²) < 4.78 is 5.72. The molecule has 2 N–H and O–H groups in total. The largest absolute Gasteiger partial charge is 0.376 e. The first-order valence-electron chi connectivity index (χ1n) is 5.86. The molecule has 0 saturated carbocycles. The molecule has 2 nitrogen and oxygen atoms in total. The minimum atomic E-state index is 0.214. The Bertz CT molecular complexity index is 289. The number of benzene rings is 1.